The van der Waals surface area contributed by atoms with Crippen LogP contribution in [0.25, 0.3) is 29.3 Å². The van der Waals surface area contributed by atoms with E-state index in [1.807, 2.05) is 45.3 Å². The summed E-state index contributed by atoms with van der Waals surface area (Å²) < 4.78 is 22.2. The van der Waals surface area contributed by atoms with Crippen LogP contribution in [-0.2, 0) is 5.60 Å². The smallest absolute Gasteiger partial charge is 0.140 e. The normalized spacial score (nSPS) is 15.3. The standard InChI is InChI=1S/C85H146O3S4/c1-11-15-19-23-27-31-33-37-41-45-55-73(53-43-39-35-29-25-21-17-13-3)67-86-76-59-63-89-82(76)79-65-75-81(91-79)84-78(88-85(75,61-57-71(9)51-47-49-69(5)6)62-58-72(10)52-48-50-70(7)8)66-80(92-84)83-77(60-64-90-83)87-68-74(54-44-40-36-30-26-22-18-14-4)56-46-42-38-34-32-28-24-20-16-12-2/h59-60,63-66,69-74H,11-58,61-62,67-68H2,1-10H3. The van der Waals surface area contributed by atoms with Gasteiger partial charge in [-0.3, -0.25) is 0 Å². The van der Waals surface area contributed by atoms with Gasteiger partial charge in [-0.1, -0.05) is 339 Å². The molecule has 0 saturated carbocycles. The van der Waals surface area contributed by atoms with Crippen LogP contribution in [0.2, 0.25) is 0 Å². The Labute approximate surface area is 587 Å². The molecule has 4 atom stereocenters. The summed E-state index contributed by atoms with van der Waals surface area (Å²) in [6.45, 7) is 25.6. The lowest BCUT2D eigenvalue weighted by Crippen LogP contribution is -2.36. The van der Waals surface area contributed by atoms with Crippen molar-refractivity contribution < 1.29 is 14.2 Å². The average Bonchev–Trinajstić information content (AvgIpc) is 1.56. The van der Waals surface area contributed by atoms with Gasteiger partial charge < -0.3 is 14.2 Å². The molecule has 0 aromatic carbocycles. The maximum atomic E-state index is 7.90. The van der Waals surface area contributed by atoms with E-state index in [4.69, 9.17) is 14.2 Å². The van der Waals surface area contributed by atoms with Crippen molar-refractivity contribution in [2.75, 3.05) is 13.2 Å². The summed E-state index contributed by atoms with van der Waals surface area (Å²) in [7, 11) is 0. The van der Waals surface area contributed by atoms with Gasteiger partial charge in [0.15, 0.2) is 0 Å². The number of unbranched alkanes of at least 4 members (excludes halogenated alkanes) is 32. The number of thiophene rings is 4. The molecule has 1 aliphatic rings. The molecule has 0 N–H and O–H groups in total. The molecule has 92 heavy (non-hydrogen) atoms. The predicted molar refractivity (Wildman–Crippen MR) is 416 cm³/mol. The Balaban J connectivity index is 1.41. The predicted octanol–water partition coefficient (Wildman–Crippen LogP) is 31.7. The first-order chi connectivity index (χ1) is 45.0. The van der Waals surface area contributed by atoms with Gasteiger partial charge in [-0.2, -0.15) is 0 Å². The highest BCUT2D eigenvalue weighted by Crippen LogP contribution is 2.60. The van der Waals surface area contributed by atoms with Crippen LogP contribution in [0.15, 0.2) is 35.0 Å². The average molecular weight is 1340 g/mol. The van der Waals surface area contributed by atoms with E-state index in [1.165, 1.54) is 343 Å². The fourth-order valence-corrected chi connectivity index (χ4v) is 19.1. The molecule has 5 rings (SSSR count). The molecule has 4 aromatic rings. The lowest BCUT2D eigenvalue weighted by Gasteiger charge is -2.39. The highest BCUT2D eigenvalue weighted by atomic mass is 32.1. The first-order valence-electron chi connectivity index (χ1n) is 40.4. The van der Waals surface area contributed by atoms with Crippen molar-refractivity contribution in [3.63, 3.8) is 0 Å². The van der Waals surface area contributed by atoms with Crippen LogP contribution in [-0.4, -0.2) is 13.2 Å². The van der Waals surface area contributed by atoms with Crippen LogP contribution in [0.4, 0.5) is 0 Å². The molecule has 0 radical (unpaired) electrons. The largest absolute Gasteiger partial charge is 0.492 e. The van der Waals surface area contributed by atoms with E-state index in [0.29, 0.717) is 23.7 Å². The van der Waals surface area contributed by atoms with Crippen molar-refractivity contribution in [1.29, 1.82) is 0 Å². The minimum absolute atomic E-state index is 0.380. The second-order valence-corrected chi connectivity index (χ2v) is 34.7. The zero-order valence-electron chi connectivity index (χ0n) is 62.1. The Morgan fingerprint density at radius 1 is 0.348 bits per heavy atom. The van der Waals surface area contributed by atoms with Gasteiger partial charge >= 0.3 is 0 Å². The van der Waals surface area contributed by atoms with E-state index < -0.39 is 0 Å². The Bertz CT molecular complexity index is 2320. The lowest BCUT2D eigenvalue weighted by molar-refractivity contribution is 0.0324. The van der Waals surface area contributed by atoms with Gasteiger partial charge in [0.1, 0.15) is 22.8 Å². The molecule has 7 heteroatoms. The van der Waals surface area contributed by atoms with Crippen molar-refractivity contribution in [2.24, 2.45) is 35.5 Å². The van der Waals surface area contributed by atoms with E-state index in [9.17, 15) is 0 Å². The zero-order chi connectivity index (χ0) is 65.7. The quantitative estimate of drug-likeness (QED) is 0.0412. The van der Waals surface area contributed by atoms with Crippen LogP contribution >= 0.6 is 45.3 Å². The maximum absolute atomic E-state index is 7.90. The van der Waals surface area contributed by atoms with Crippen molar-refractivity contribution in [2.45, 2.75) is 396 Å². The number of ether oxygens (including phenoxy) is 3. The molecule has 5 heterocycles. The van der Waals surface area contributed by atoms with Crippen molar-refractivity contribution in [3.05, 3.63) is 40.6 Å². The number of rotatable bonds is 62. The summed E-state index contributed by atoms with van der Waals surface area (Å²) in [5.74, 6) is 7.34. The van der Waals surface area contributed by atoms with Gasteiger partial charge in [0, 0.05) is 16.5 Å². The highest BCUT2D eigenvalue weighted by Gasteiger charge is 2.44. The molecule has 1 aliphatic heterocycles. The summed E-state index contributed by atoms with van der Waals surface area (Å²) >= 11 is 7.77. The van der Waals surface area contributed by atoms with Crippen molar-refractivity contribution in [1.82, 2.24) is 0 Å². The topological polar surface area (TPSA) is 27.7 Å². The fraction of sp³-hybridized carbons (Fsp3) is 0.812. The van der Waals surface area contributed by atoms with E-state index in [-0.39, 0.29) is 5.60 Å². The number of hydrogen-bond acceptors (Lipinski definition) is 7. The molecular weight excluding hydrogens is 1200 g/mol. The molecule has 0 saturated heterocycles. The first kappa shape index (κ1) is 80.9. The van der Waals surface area contributed by atoms with Gasteiger partial charge in [0.25, 0.3) is 0 Å². The number of hydrogen-bond donors (Lipinski definition) is 0. The summed E-state index contributed by atoms with van der Waals surface area (Å²) in [4.78, 5) is 8.05. The third-order valence-corrected chi connectivity index (χ3v) is 25.6. The Hall–Kier alpha value is -1.80. The van der Waals surface area contributed by atoms with Gasteiger partial charge in [-0.15, -0.1) is 45.3 Å². The molecule has 3 nitrogen and oxygen atoms in total. The Kier molecular flexibility index (Phi) is 44.4. The molecule has 0 bridgehead atoms. The molecule has 0 aliphatic carbocycles. The summed E-state index contributed by atoms with van der Waals surface area (Å²) in [6.07, 6.45) is 67.5. The van der Waals surface area contributed by atoms with Crippen molar-refractivity contribution in [3.8, 4) is 46.5 Å². The minimum atomic E-state index is -0.380. The lowest BCUT2D eigenvalue weighted by atomic mass is 9.78. The summed E-state index contributed by atoms with van der Waals surface area (Å²) in [5.41, 5.74) is 1.07. The van der Waals surface area contributed by atoms with Gasteiger partial charge in [0.2, 0.25) is 0 Å². The van der Waals surface area contributed by atoms with Crippen LogP contribution < -0.4 is 14.2 Å². The van der Waals surface area contributed by atoms with Gasteiger partial charge in [-0.25, -0.2) is 0 Å². The second kappa shape index (κ2) is 50.5. The molecule has 528 valence electrons. The molecule has 0 amide bonds. The van der Waals surface area contributed by atoms with Gasteiger partial charge in [0.05, 0.1) is 37.6 Å². The van der Waals surface area contributed by atoms with Crippen molar-refractivity contribution >= 4 is 45.3 Å². The minimum Gasteiger partial charge on any atom is -0.492 e. The maximum Gasteiger partial charge on any atom is 0.140 e. The monoisotopic (exact) mass is 1340 g/mol. The highest BCUT2D eigenvalue weighted by molar-refractivity contribution is 7.28. The summed E-state index contributed by atoms with van der Waals surface area (Å²) in [5, 5.41) is 4.60. The van der Waals surface area contributed by atoms with Gasteiger partial charge in [-0.05, 0) is 116 Å². The molecular formula is C85H146O3S4. The van der Waals surface area contributed by atoms with E-state index in [1.54, 1.807) is 0 Å². The third kappa shape index (κ3) is 32.7. The fourth-order valence-electron chi connectivity index (χ4n) is 14.7. The van der Waals surface area contributed by atoms with E-state index in [2.05, 4.69) is 104 Å². The van der Waals surface area contributed by atoms with Crippen LogP contribution in [0.3, 0.4) is 0 Å². The molecule has 4 aromatic heterocycles. The Morgan fingerprint density at radius 3 is 1.02 bits per heavy atom. The van der Waals surface area contributed by atoms with Crippen LogP contribution in [0, 0.1) is 35.5 Å². The number of fused-ring (bicyclic) bond motifs is 3. The summed E-state index contributed by atoms with van der Waals surface area (Å²) in [6, 6.07) is 9.66. The molecule has 4 unspecified atom stereocenters. The molecule has 0 fully saturated rings. The Morgan fingerprint density at radius 2 is 0.674 bits per heavy atom. The first-order valence-corrected chi connectivity index (χ1v) is 43.8. The van der Waals surface area contributed by atoms with Crippen LogP contribution in [0.1, 0.15) is 396 Å². The SMILES string of the molecule is CCCCCCCCCCCCC(CCCCCCCCCC)COc1ccsc1-c1cc2c(s1)-c1sc(-c3sccc3OCC(CCCCCCCCCC)CCCCCCCCCCCC)cc1C(CCC(C)CCCC(C)C)(CCC(C)CCCC(C)C)O2. The third-order valence-electron chi connectivity index (χ3n) is 21.0. The second-order valence-electron chi connectivity index (χ2n) is 30.7. The van der Waals surface area contributed by atoms with Crippen LogP contribution in [0.5, 0.6) is 17.2 Å². The van der Waals surface area contributed by atoms with E-state index in [0.717, 1.165) is 55.1 Å². The molecule has 0 spiro atoms. The zero-order valence-corrected chi connectivity index (χ0v) is 65.3. The van der Waals surface area contributed by atoms with E-state index >= 15 is 0 Å².